The van der Waals surface area contributed by atoms with Crippen molar-refractivity contribution in [2.24, 2.45) is 17.3 Å². The van der Waals surface area contributed by atoms with Gasteiger partial charge in [0.25, 0.3) is 0 Å². The number of halogens is 3. The second kappa shape index (κ2) is 9.46. The molecule has 0 unspecified atom stereocenters. The maximum absolute atomic E-state index is 14.3. The van der Waals surface area contributed by atoms with Crippen LogP contribution in [-0.2, 0) is 16.0 Å². The van der Waals surface area contributed by atoms with Crippen molar-refractivity contribution in [3.8, 4) is 6.07 Å². The monoisotopic (exact) mass is 472 g/mol. The van der Waals surface area contributed by atoms with Crippen LogP contribution in [0, 0.1) is 52.0 Å². The van der Waals surface area contributed by atoms with Crippen LogP contribution in [0.3, 0.4) is 0 Å². The maximum Gasteiger partial charge on any atom is 0.243 e. The van der Waals surface area contributed by atoms with Gasteiger partial charge in [0.15, 0.2) is 11.6 Å². The molecular formula is C26H29F3N3O2. The third-order valence-electron chi connectivity index (χ3n) is 7.45. The minimum Gasteiger partial charge on any atom is -0.361 e. The van der Waals surface area contributed by atoms with E-state index in [0.29, 0.717) is 57.1 Å². The van der Waals surface area contributed by atoms with Crippen LogP contribution in [0.2, 0.25) is 0 Å². The van der Waals surface area contributed by atoms with Gasteiger partial charge in [0.2, 0.25) is 5.91 Å². The zero-order valence-electron chi connectivity index (χ0n) is 19.5. The van der Waals surface area contributed by atoms with E-state index >= 15 is 0 Å². The van der Waals surface area contributed by atoms with Crippen LogP contribution in [0.15, 0.2) is 17.8 Å². The summed E-state index contributed by atoms with van der Waals surface area (Å²) in [5, 5.41) is 9.38. The van der Waals surface area contributed by atoms with Crippen molar-refractivity contribution in [2.45, 2.75) is 58.4 Å². The van der Waals surface area contributed by atoms with Crippen LogP contribution in [0.4, 0.5) is 13.2 Å². The molecule has 3 fully saturated rings. The van der Waals surface area contributed by atoms with E-state index in [2.05, 4.69) is 12.0 Å². The minimum atomic E-state index is -1.22. The van der Waals surface area contributed by atoms with Gasteiger partial charge in [-0.1, -0.05) is 13.8 Å². The van der Waals surface area contributed by atoms with Gasteiger partial charge in [0.05, 0.1) is 17.8 Å². The molecule has 2 aliphatic heterocycles. The average molecular weight is 473 g/mol. The molecule has 1 aliphatic carbocycles. The van der Waals surface area contributed by atoms with Crippen molar-refractivity contribution in [1.82, 2.24) is 9.80 Å². The van der Waals surface area contributed by atoms with E-state index in [1.54, 1.807) is 4.90 Å². The number of hydrogen-bond donors (Lipinski definition) is 0. The maximum atomic E-state index is 14.3. The van der Waals surface area contributed by atoms with Crippen molar-refractivity contribution in [3.05, 3.63) is 46.8 Å². The number of nitrogens with zero attached hydrogens (tertiary/aromatic N) is 3. The van der Waals surface area contributed by atoms with Gasteiger partial charge in [0.1, 0.15) is 17.2 Å². The predicted octanol–water partition coefficient (Wildman–Crippen LogP) is 4.21. The Bertz CT molecular complexity index is 1060. The molecule has 1 radical (unpaired) electrons. The number of rotatable bonds is 8. The van der Waals surface area contributed by atoms with Gasteiger partial charge in [-0.15, -0.1) is 0 Å². The Hall–Kier alpha value is -2.78. The SMILES string of the molecule is C[C](C)C[C@@H](CC(=C=O)N1CC[C@H]2CN(C(=O)C3(C#N)CC3)C[C@H]21)Cc1cc(F)c(F)cc1F. The second-order valence-electron chi connectivity index (χ2n) is 10.3. The highest BCUT2D eigenvalue weighted by molar-refractivity contribution is 5.88. The van der Waals surface area contributed by atoms with Crippen molar-refractivity contribution in [3.63, 3.8) is 0 Å². The molecule has 0 spiro atoms. The Morgan fingerprint density at radius 2 is 1.85 bits per heavy atom. The van der Waals surface area contributed by atoms with Gasteiger partial charge >= 0.3 is 0 Å². The summed E-state index contributed by atoms with van der Waals surface area (Å²) in [6, 6.07) is 3.60. The van der Waals surface area contributed by atoms with E-state index in [-0.39, 0.29) is 35.8 Å². The number of benzene rings is 1. The van der Waals surface area contributed by atoms with E-state index in [9.17, 15) is 28.0 Å². The van der Waals surface area contributed by atoms with Crippen molar-refractivity contribution >= 4 is 11.8 Å². The first-order valence-electron chi connectivity index (χ1n) is 11.8. The number of carbonyl (C=O) groups excluding carboxylic acids is 2. The zero-order chi connectivity index (χ0) is 24.6. The number of allylic oxidation sites excluding steroid dienone is 1. The van der Waals surface area contributed by atoms with Crippen molar-refractivity contribution < 1.29 is 22.8 Å². The fourth-order valence-corrected chi connectivity index (χ4v) is 5.58. The molecule has 1 aromatic carbocycles. The number of fused-ring (bicyclic) bond motifs is 1. The number of likely N-dealkylation sites (tertiary alicyclic amines) is 2. The normalized spacial score (nSPS) is 23.4. The molecule has 1 aromatic rings. The summed E-state index contributed by atoms with van der Waals surface area (Å²) in [5.74, 6) is -0.0252. The molecule has 1 amide bonds. The molecule has 0 aromatic heterocycles. The van der Waals surface area contributed by atoms with E-state index in [4.69, 9.17) is 0 Å². The lowest BCUT2D eigenvalue weighted by atomic mass is 9.87. The Balaban J connectivity index is 1.47. The summed E-state index contributed by atoms with van der Waals surface area (Å²) < 4.78 is 41.4. The van der Waals surface area contributed by atoms with Crippen LogP contribution in [0.25, 0.3) is 0 Å². The quantitative estimate of drug-likeness (QED) is 0.420. The third kappa shape index (κ3) is 4.72. The molecule has 0 N–H and O–H groups in total. The fraction of sp³-hybridized carbons (Fsp3) is 0.577. The lowest BCUT2D eigenvalue weighted by molar-refractivity contribution is -0.134. The standard InChI is InChI=1S/C26H29F3N3O2/c1-16(2)7-17(8-19-10-22(28)23(29)11-21(19)27)9-20(14-33)32-6-3-18-12-31(13-24(18)32)25(34)26(15-30)4-5-26/h10-11,17-18,24H,3-9,12-13H2,1-2H3/t17-,18+,24-/m1/s1. The fourth-order valence-electron chi connectivity index (χ4n) is 5.58. The first-order chi connectivity index (χ1) is 16.2. The summed E-state index contributed by atoms with van der Waals surface area (Å²) >= 11 is 0. The van der Waals surface area contributed by atoms with Crippen LogP contribution in [0.1, 0.15) is 51.5 Å². The molecule has 0 bridgehead atoms. The largest absolute Gasteiger partial charge is 0.361 e. The summed E-state index contributed by atoms with van der Waals surface area (Å²) in [4.78, 5) is 28.6. The van der Waals surface area contributed by atoms with Gasteiger partial charge < -0.3 is 9.80 Å². The van der Waals surface area contributed by atoms with E-state index < -0.39 is 22.9 Å². The highest BCUT2D eigenvalue weighted by Crippen LogP contribution is 2.48. The summed E-state index contributed by atoms with van der Waals surface area (Å²) in [6.07, 6.45) is 3.13. The van der Waals surface area contributed by atoms with Crippen LogP contribution in [0.5, 0.6) is 0 Å². The first-order valence-corrected chi connectivity index (χ1v) is 11.8. The number of carbonyl (C=O) groups is 1. The van der Waals surface area contributed by atoms with Gasteiger partial charge in [-0.05, 0) is 55.6 Å². The zero-order valence-corrected chi connectivity index (χ0v) is 19.5. The Kier molecular flexibility index (Phi) is 6.78. The van der Waals surface area contributed by atoms with E-state index in [1.165, 1.54) is 0 Å². The summed E-state index contributed by atoms with van der Waals surface area (Å²) in [5.41, 5.74) is -0.308. The Morgan fingerprint density at radius 3 is 2.47 bits per heavy atom. The lowest BCUT2D eigenvalue weighted by Gasteiger charge is -2.30. The number of nitriles is 1. The van der Waals surface area contributed by atoms with E-state index in [1.807, 2.05) is 18.7 Å². The highest BCUT2D eigenvalue weighted by Gasteiger charge is 2.55. The molecule has 3 atom stereocenters. The average Bonchev–Trinajstić information content (AvgIpc) is 3.33. The molecule has 34 heavy (non-hydrogen) atoms. The highest BCUT2D eigenvalue weighted by atomic mass is 19.2. The second-order valence-corrected chi connectivity index (χ2v) is 10.3. The topological polar surface area (TPSA) is 64.4 Å². The molecule has 2 saturated heterocycles. The molecule has 2 heterocycles. The van der Waals surface area contributed by atoms with Crippen molar-refractivity contribution in [2.75, 3.05) is 19.6 Å². The van der Waals surface area contributed by atoms with E-state index in [0.717, 1.165) is 18.4 Å². The molecular weight excluding hydrogens is 443 g/mol. The minimum absolute atomic E-state index is 0.0118. The lowest BCUT2D eigenvalue weighted by Crippen LogP contribution is -2.40. The molecule has 8 heteroatoms. The summed E-state index contributed by atoms with van der Waals surface area (Å²) in [7, 11) is 0. The smallest absolute Gasteiger partial charge is 0.243 e. The van der Waals surface area contributed by atoms with Gasteiger partial charge in [0, 0.05) is 38.0 Å². The number of hydrogen-bond acceptors (Lipinski definition) is 4. The summed E-state index contributed by atoms with van der Waals surface area (Å²) in [6.45, 7) is 5.61. The number of amides is 1. The molecule has 181 valence electrons. The van der Waals surface area contributed by atoms with Gasteiger partial charge in [-0.25, -0.2) is 18.0 Å². The van der Waals surface area contributed by atoms with Crippen LogP contribution >= 0.6 is 0 Å². The molecule has 5 nitrogen and oxygen atoms in total. The van der Waals surface area contributed by atoms with Crippen molar-refractivity contribution in [1.29, 1.82) is 5.26 Å². The molecule has 3 aliphatic rings. The first kappa shape index (κ1) is 24.3. The molecule has 4 rings (SSSR count). The van der Waals surface area contributed by atoms with Gasteiger partial charge in [-0.2, -0.15) is 5.26 Å². The predicted molar refractivity (Wildman–Crippen MR) is 119 cm³/mol. The van der Waals surface area contributed by atoms with Gasteiger partial charge in [-0.3, -0.25) is 4.79 Å². The Labute approximate surface area is 198 Å². The van der Waals surface area contributed by atoms with Crippen LogP contribution < -0.4 is 0 Å². The molecule has 1 saturated carbocycles. The van der Waals surface area contributed by atoms with Crippen LogP contribution in [-0.4, -0.2) is 47.3 Å². The Morgan fingerprint density at radius 1 is 1.15 bits per heavy atom. The third-order valence-corrected chi connectivity index (χ3v) is 7.45.